The van der Waals surface area contributed by atoms with Crippen molar-refractivity contribution in [2.24, 2.45) is 63.5 Å². The summed E-state index contributed by atoms with van der Waals surface area (Å²) in [5.41, 5.74) is 19.2. The molecule has 13 atom stereocenters. The highest BCUT2D eigenvalue weighted by Crippen LogP contribution is 2.68. The maximum absolute atomic E-state index is 14.0. The van der Waals surface area contributed by atoms with Crippen molar-refractivity contribution in [3.05, 3.63) is 35.9 Å². The first kappa shape index (κ1) is 36.7. The molecule has 268 valence electrons. The highest BCUT2D eigenvalue weighted by Gasteiger charge is 2.66. The minimum Gasteiger partial charge on any atom is -0.396 e. The third kappa shape index (κ3) is 7.18. The van der Waals surface area contributed by atoms with Crippen molar-refractivity contribution in [1.29, 1.82) is 0 Å². The van der Waals surface area contributed by atoms with E-state index in [0.717, 1.165) is 63.4 Å². The predicted octanol–water partition coefficient (Wildman–Crippen LogP) is 2.60. The van der Waals surface area contributed by atoms with Crippen molar-refractivity contribution in [3.8, 4) is 0 Å². The van der Waals surface area contributed by atoms with Crippen LogP contribution in [0.25, 0.3) is 0 Å². The molecular formula is C38H62N6O4. The molecule has 0 aliphatic heterocycles. The summed E-state index contributed by atoms with van der Waals surface area (Å²) in [6.45, 7) is 8.97. The Balaban J connectivity index is 1.49. The molecule has 10 heteroatoms. The summed E-state index contributed by atoms with van der Waals surface area (Å²) < 4.78 is 0. The molecule has 0 bridgehead atoms. The summed E-state index contributed by atoms with van der Waals surface area (Å²) in [6.07, 6.45) is 8.64. The molecular weight excluding hydrogens is 604 g/mol. The van der Waals surface area contributed by atoms with Gasteiger partial charge >= 0.3 is 0 Å². The van der Waals surface area contributed by atoms with Crippen molar-refractivity contribution in [2.75, 3.05) is 13.2 Å². The summed E-state index contributed by atoms with van der Waals surface area (Å²) in [5.74, 6) is 1.49. The number of fused-ring (bicyclic) bond motifs is 5. The molecule has 1 aromatic rings. The standard InChI is InChI=1S/C38H62N6O4/c1-22(9-8-16-45)27-12-13-28-34-29(20-32(38(27,28)4)44-36(48)30(41)17-24-10-6-5-7-11-24)37(3)15-14-26(42-35(47)23(2)40)18-25(37)19-31(34)43-33(46)21-39/h5-7,10-11,22-23,25-32,34,45H,8-9,12-21,39-41H2,1-4H3,(H,42,47)(H,43,46)(H,44,48)/t22-,23+,25+,26-,27-,28+,29+,30+,31-,32+,34+,37+,38-/m1/s1. The molecule has 4 aliphatic rings. The first-order chi connectivity index (χ1) is 22.8. The van der Waals surface area contributed by atoms with Gasteiger partial charge in [-0.25, -0.2) is 0 Å². The van der Waals surface area contributed by atoms with Gasteiger partial charge in [-0.2, -0.15) is 0 Å². The number of benzene rings is 1. The highest BCUT2D eigenvalue weighted by molar-refractivity contribution is 5.82. The van der Waals surface area contributed by atoms with Gasteiger partial charge in [0.2, 0.25) is 17.7 Å². The fourth-order valence-electron chi connectivity index (χ4n) is 11.2. The molecule has 0 radical (unpaired) electrons. The number of carbonyl (C=O) groups excluding carboxylic acids is 3. The number of carbonyl (C=O) groups is 3. The molecule has 10 N–H and O–H groups in total. The smallest absolute Gasteiger partial charge is 0.237 e. The van der Waals surface area contributed by atoms with Crippen LogP contribution in [0.3, 0.4) is 0 Å². The van der Waals surface area contributed by atoms with Gasteiger partial charge < -0.3 is 38.3 Å². The highest BCUT2D eigenvalue weighted by atomic mass is 16.3. The molecule has 0 aromatic heterocycles. The van der Waals surface area contributed by atoms with E-state index in [1.165, 1.54) is 0 Å². The minimum atomic E-state index is -0.658. The summed E-state index contributed by atoms with van der Waals surface area (Å²) in [4.78, 5) is 39.5. The van der Waals surface area contributed by atoms with E-state index >= 15 is 0 Å². The molecule has 10 nitrogen and oxygen atoms in total. The second-order valence-corrected chi connectivity index (χ2v) is 16.4. The Hall–Kier alpha value is -2.53. The molecule has 0 heterocycles. The fraction of sp³-hybridized carbons (Fsp3) is 0.763. The Morgan fingerprint density at radius 2 is 1.67 bits per heavy atom. The van der Waals surface area contributed by atoms with E-state index in [0.29, 0.717) is 24.2 Å². The fourth-order valence-corrected chi connectivity index (χ4v) is 11.2. The van der Waals surface area contributed by atoms with Gasteiger partial charge in [-0.15, -0.1) is 0 Å². The molecule has 48 heavy (non-hydrogen) atoms. The lowest BCUT2D eigenvalue weighted by Crippen LogP contribution is -2.68. The Morgan fingerprint density at radius 1 is 0.938 bits per heavy atom. The van der Waals surface area contributed by atoms with Crippen LogP contribution in [0.1, 0.15) is 91.0 Å². The molecule has 3 amide bonds. The van der Waals surface area contributed by atoms with E-state index in [-0.39, 0.29) is 77.6 Å². The Bertz CT molecular complexity index is 1280. The maximum atomic E-state index is 14.0. The Kier molecular flexibility index (Phi) is 11.6. The summed E-state index contributed by atoms with van der Waals surface area (Å²) in [7, 11) is 0. The third-order valence-electron chi connectivity index (χ3n) is 13.7. The Morgan fingerprint density at radius 3 is 2.33 bits per heavy atom. The SMILES string of the molecule is C[C@H](N)C(=O)N[C@@H]1CC[C@@]2(C)[C@@H](C1)C[C@@H](NC(=O)CN)[C@@H]1[C@@H]2C[C@H](NC(=O)[C@@H](N)Cc2ccccc2)[C@]2(C)[C@@H]([C@H](C)CCCO)CC[C@@H]12. The van der Waals surface area contributed by atoms with Gasteiger partial charge in [0.25, 0.3) is 0 Å². The third-order valence-corrected chi connectivity index (χ3v) is 13.7. The van der Waals surface area contributed by atoms with Crippen LogP contribution >= 0.6 is 0 Å². The monoisotopic (exact) mass is 666 g/mol. The van der Waals surface area contributed by atoms with Crippen molar-refractivity contribution in [3.63, 3.8) is 0 Å². The van der Waals surface area contributed by atoms with Gasteiger partial charge in [-0.1, -0.05) is 51.1 Å². The lowest BCUT2D eigenvalue weighted by atomic mass is 9.42. The van der Waals surface area contributed by atoms with E-state index in [1.807, 2.05) is 30.3 Å². The molecule has 1 aromatic carbocycles. The first-order valence-electron chi connectivity index (χ1n) is 18.6. The summed E-state index contributed by atoms with van der Waals surface area (Å²) in [5, 5.41) is 19.8. The lowest BCUT2D eigenvalue weighted by molar-refractivity contribution is -0.154. The van der Waals surface area contributed by atoms with E-state index in [2.05, 4.69) is 36.7 Å². The summed E-state index contributed by atoms with van der Waals surface area (Å²) >= 11 is 0. The zero-order chi connectivity index (χ0) is 34.8. The minimum absolute atomic E-state index is 0.0127. The van der Waals surface area contributed by atoms with Crippen LogP contribution in [0.15, 0.2) is 30.3 Å². The number of amides is 3. The number of hydrogen-bond acceptors (Lipinski definition) is 7. The Labute approximate surface area is 287 Å². The predicted molar refractivity (Wildman–Crippen MR) is 188 cm³/mol. The molecule has 5 rings (SSSR count). The van der Waals surface area contributed by atoms with E-state index in [4.69, 9.17) is 17.2 Å². The number of aliphatic hydroxyl groups excluding tert-OH is 1. The quantitative estimate of drug-likeness (QED) is 0.179. The first-order valence-corrected chi connectivity index (χ1v) is 18.6. The number of nitrogens with one attached hydrogen (secondary N) is 3. The molecule has 4 saturated carbocycles. The van der Waals surface area contributed by atoms with Gasteiger partial charge in [0.15, 0.2) is 0 Å². The lowest BCUT2D eigenvalue weighted by Gasteiger charge is -2.65. The van der Waals surface area contributed by atoms with Crippen LogP contribution in [-0.4, -0.2) is 66.2 Å². The molecule has 4 fully saturated rings. The van der Waals surface area contributed by atoms with Crippen molar-refractivity contribution < 1.29 is 19.5 Å². The largest absolute Gasteiger partial charge is 0.396 e. The number of aliphatic hydroxyl groups is 1. The van der Waals surface area contributed by atoms with Crippen LogP contribution in [-0.2, 0) is 20.8 Å². The second kappa shape index (κ2) is 15.2. The number of hydrogen-bond donors (Lipinski definition) is 7. The van der Waals surface area contributed by atoms with Gasteiger partial charge in [-0.3, -0.25) is 14.4 Å². The number of rotatable bonds is 12. The van der Waals surface area contributed by atoms with Crippen molar-refractivity contribution in [2.45, 2.75) is 122 Å². The van der Waals surface area contributed by atoms with Crippen LogP contribution in [0.2, 0.25) is 0 Å². The average Bonchev–Trinajstić information content (AvgIpc) is 3.42. The van der Waals surface area contributed by atoms with Crippen molar-refractivity contribution in [1.82, 2.24) is 16.0 Å². The van der Waals surface area contributed by atoms with Crippen molar-refractivity contribution >= 4 is 17.7 Å². The zero-order valence-electron chi connectivity index (χ0n) is 29.6. The maximum Gasteiger partial charge on any atom is 0.237 e. The average molecular weight is 667 g/mol. The van der Waals surface area contributed by atoms with E-state index in [9.17, 15) is 19.5 Å². The van der Waals surface area contributed by atoms with Crippen LogP contribution in [0.4, 0.5) is 0 Å². The van der Waals surface area contributed by atoms with Gasteiger partial charge in [-0.05, 0) is 123 Å². The van der Waals surface area contributed by atoms with E-state index < -0.39 is 12.1 Å². The van der Waals surface area contributed by atoms with Gasteiger partial charge in [0.05, 0.1) is 18.6 Å². The molecule has 0 unspecified atom stereocenters. The van der Waals surface area contributed by atoms with E-state index in [1.54, 1.807) is 6.92 Å². The molecule has 0 saturated heterocycles. The normalized spacial score (nSPS) is 37.6. The van der Waals surface area contributed by atoms with Crippen LogP contribution in [0.5, 0.6) is 0 Å². The second-order valence-electron chi connectivity index (χ2n) is 16.4. The summed E-state index contributed by atoms with van der Waals surface area (Å²) in [6, 6.07) is 8.67. The number of nitrogens with two attached hydrogens (primary N) is 3. The molecule has 0 spiro atoms. The molecule has 4 aliphatic carbocycles. The van der Waals surface area contributed by atoms with Crippen LogP contribution in [0, 0.1) is 46.3 Å². The topological polar surface area (TPSA) is 186 Å². The van der Waals surface area contributed by atoms with Gasteiger partial charge in [0.1, 0.15) is 0 Å². The van der Waals surface area contributed by atoms with Crippen LogP contribution < -0.4 is 33.2 Å². The van der Waals surface area contributed by atoms with Gasteiger partial charge in [0, 0.05) is 24.7 Å². The zero-order valence-corrected chi connectivity index (χ0v) is 29.6.